The molecule has 0 spiro atoms. The molecular weight excluding hydrogens is 204 g/mol. The molecule has 8 unspecified atom stereocenters. The molecule has 5 fully saturated rings. The Morgan fingerprint density at radius 1 is 1.06 bits per heavy atom. The third-order valence-electron chi connectivity index (χ3n) is 9.24. The zero-order chi connectivity index (χ0) is 12.6. The van der Waals surface area contributed by atoms with Crippen LogP contribution in [0.1, 0.15) is 48.0 Å². The van der Waals surface area contributed by atoms with E-state index < -0.39 is 0 Å². The molecule has 94 valence electrons. The van der Waals surface area contributed by atoms with Crippen LogP contribution in [0.15, 0.2) is 12.2 Å². The van der Waals surface area contributed by atoms with Crippen molar-refractivity contribution in [1.82, 2.24) is 0 Å². The second-order valence-corrected chi connectivity index (χ2v) is 8.54. The standard InChI is InChI=1S/C17H26/c1-9-12-13-10(2)16(9,6)14(4)8-15(12,5)17(13,7)11(14)3/h9,11-13H,2,8H2,1,3-7H3. The second kappa shape index (κ2) is 2.17. The first kappa shape index (κ1) is 10.6. The van der Waals surface area contributed by atoms with Crippen molar-refractivity contribution in [3.05, 3.63) is 12.2 Å². The average Bonchev–Trinajstić information content (AvgIpc) is 2.45. The van der Waals surface area contributed by atoms with Crippen LogP contribution < -0.4 is 0 Å². The van der Waals surface area contributed by atoms with Crippen LogP contribution in [0.2, 0.25) is 0 Å². The van der Waals surface area contributed by atoms with E-state index in [0.717, 1.165) is 23.7 Å². The molecule has 0 aromatic carbocycles. The molecule has 5 aliphatic carbocycles. The first-order valence-corrected chi connectivity index (χ1v) is 7.36. The van der Waals surface area contributed by atoms with E-state index in [1.54, 1.807) is 5.57 Å². The summed E-state index contributed by atoms with van der Waals surface area (Å²) in [6.45, 7) is 19.9. The summed E-state index contributed by atoms with van der Waals surface area (Å²) in [5.41, 5.74) is 3.68. The lowest BCUT2D eigenvalue weighted by Crippen LogP contribution is -2.61. The van der Waals surface area contributed by atoms with E-state index in [4.69, 9.17) is 0 Å². The van der Waals surface area contributed by atoms with Crippen LogP contribution in [0, 0.1) is 45.3 Å². The van der Waals surface area contributed by atoms with Gasteiger partial charge in [0.25, 0.3) is 0 Å². The second-order valence-electron chi connectivity index (χ2n) is 8.54. The first-order chi connectivity index (χ1) is 7.67. The molecule has 0 saturated heterocycles. The Bertz CT molecular complexity index is 463. The number of hydrogen-bond acceptors (Lipinski definition) is 0. The highest BCUT2D eigenvalue weighted by atomic mass is 14.9. The quantitative estimate of drug-likeness (QED) is 0.537. The van der Waals surface area contributed by atoms with E-state index in [1.165, 1.54) is 6.42 Å². The van der Waals surface area contributed by atoms with Crippen LogP contribution in [-0.4, -0.2) is 0 Å². The molecule has 6 bridgehead atoms. The van der Waals surface area contributed by atoms with Crippen LogP contribution in [0.25, 0.3) is 0 Å². The van der Waals surface area contributed by atoms with Gasteiger partial charge >= 0.3 is 0 Å². The van der Waals surface area contributed by atoms with Crippen molar-refractivity contribution in [2.45, 2.75) is 48.0 Å². The molecule has 0 amide bonds. The molecule has 0 radical (unpaired) electrons. The van der Waals surface area contributed by atoms with Gasteiger partial charge in [0.05, 0.1) is 0 Å². The van der Waals surface area contributed by atoms with Gasteiger partial charge in [0.1, 0.15) is 0 Å². The molecule has 0 aromatic heterocycles. The van der Waals surface area contributed by atoms with Crippen LogP contribution in [0.5, 0.6) is 0 Å². The lowest BCUT2D eigenvalue weighted by molar-refractivity contribution is -0.169. The summed E-state index contributed by atoms with van der Waals surface area (Å²) >= 11 is 0. The Hall–Kier alpha value is -0.260. The van der Waals surface area contributed by atoms with Crippen molar-refractivity contribution in [3.63, 3.8) is 0 Å². The van der Waals surface area contributed by atoms with Crippen LogP contribution in [0.3, 0.4) is 0 Å². The van der Waals surface area contributed by atoms with Crippen molar-refractivity contribution >= 4 is 0 Å². The molecule has 5 aliphatic rings. The summed E-state index contributed by atoms with van der Waals surface area (Å²) in [6, 6.07) is 0. The summed E-state index contributed by atoms with van der Waals surface area (Å²) < 4.78 is 0. The van der Waals surface area contributed by atoms with Crippen molar-refractivity contribution in [3.8, 4) is 0 Å². The van der Waals surface area contributed by atoms with Gasteiger partial charge in [-0.15, -0.1) is 0 Å². The van der Waals surface area contributed by atoms with Gasteiger partial charge in [0.15, 0.2) is 0 Å². The van der Waals surface area contributed by atoms with Gasteiger partial charge in [-0.2, -0.15) is 0 Å². The van der Waals surface area contributed by atoms with E-state index in [9.17, 15) is 0 Å². The van der Waals surface area contributed by atoms with Gasteiger partial charge in [-0.25, -0.2) is 0 Å². The minimum absolute atomic E-state index is 0.414. The van der Waals surface area contributed by atoms with Gasteiger partial charge in [0.2, 0.25) is 0 Å². The highest BCUT2D eigenvalue weighted by molar-refractivity contribution is 5.47. The summed E-state index contributed by atoms with van der Waals surface area (Å²) in [5, 5.41) is 0. The van der Waals surface area contributed by atoms with Gasteiger partial charge in [-0.05, 0) is 51.8 Å². The molecule has 0 N–H and O–H groups in total. The molecule has 0 aliphatic heterocycles. The van der Waals surface area contributed by atoms with Gasteiger partial charge in [-0.3, -0.25) is 0 Å². The molecule has 0 heterocycles. The largest absolute Gasteiger partial charge is 0.0990 e. The van der Waals surface area contributed by atoms with E-state index in [-0.39, 0.29) is 0 Å². The monoisotopic (exact) mass is 230 g/mol. The number of allylic oxidation sites excluding steroid dienone is 1. The summed E-state index contributed by atoms with van der Waals surface area (Å²) in [4.78, 5) is 0. The Labute approximate surface area is 106 Å². The SMILES string of the molecule is C=C1C2C3C(C)C1(C)C1(C)CC3(C)C2(C)C1C. The molecule has 8 atom stereocenters. The molecule has 17 heavy (non-hydrogen) atoms. The Balaban J connectivity index is 2.08. The first-order valence-electron chi connectivity index (χ1n) is 7.36. The topological polar surface area (TPSA) is 0 Å². The Morgan fingerprint density at radius 2 is 1.65 bits per heavy atom. The fourth-order valence-corrected chi connectivity index (χ4v) is 7.92. The van der Waals surface area contributed by atoms with Crippen molar-refractivity contribution in [2.75, 3.05) is 0 Å². The molecule has 0 nitrogen and oxygen atoms in total. The Kier molecular flexibility index (Phi) is 1.36. The molecule has 5 saturated carbocycles. The summed E-state index contributed by atoms with van der Waals surface area (Å²) in [6.07, 6.45) is 1.44. The van der Waals surface area contributed by atoms with Crippen molar-refractivity contribution in [1.29, 1.82) is 0 Å². The maximum absolute atomic E-state index is 4.57. The maximum Gasteiger partial charge on any atom is -0.00306 e. The fourth-order valence-electron chi connectivity index (χ4n) is 7.92. The van der Waals surface area contributed by atoms with Crippen LogP contribution in [-0.2, 0) is 0 Å². The summed E-state index contributed by atoms with van der Waals surface area (Å²) in [7, 11) is 0. The highest BCUT2D eigenvalue weighted by Crippen LogP contribution is 2.94. The average molecular weight is 230 g/mol. The predicted molar refractivity (Wildman–Crippen MR) is 71.5 cm³/mol. The van der Waals surface area contributed by atoms with Gasteiger partial charge in [-0.1, -0.05) is 53.7 Å². The minimum Gasteiger partial charge on any atom is -0.0990 e. The Morgan fingerprint density at radius 3 is 2.24 bits per heavy atom. The zero-order valence-corrected chi connectivity index (χ0v) is 12.2. The van der Waals surface area contributed by atoms with E-state index in [1.807, 2.05) is 0 Å². The smallest absolute Gasteiger partial charge is 0.00306 e. The van der Waals surface area contributed by atoms with Crippen molar-refractivity contribution < 1.29 is 0 Å². The maximum atomic E-state index is 4.57. The van der Waals surface area contributed by atoms with Crippen LogP contribution in [0.4, 0.5) is 0 Å². The third-order valence-corrected chi connectivity index (χ3v) is 9.24. The van der Waals surface area contributed by atoms with E-state index in [2.05, 4.69) is 48.1 Å². The van der Waals surface area contributed by atoms with Crippen LogP contribution >= 0.6 is 0 Å². The lowest BCUT2D eigenvalue weighted by Gasteiger charge is -2.65. The number of rotatable bonds is 0. The molecular formula is C17H26. The molecule has 5 rings (SSSR count). The molecule has 0 aromatic rings. The zero-order valence-electron chi connectivity index (χ0n) is 12.2. The molecule has 0 heteroatoms. The fraction of sp³-hybridized carbons (Fsp3) is 0.882. The van der Waals surface area contributed by atoms with E-state index >= 15 is 0 Å². The van der Waals surface area contributed by atoms with Crippen molar-refractivity contribution in [2.24, 2.45) is 45.3 Å². The number of hydrogen-bond donors (Lipinski definition) is 0. The summed E-state index contributed by atoms with van der Waals surface area (Å²) in [5.74, 6) is 3.48. The highest BCUT2D eigenvalue weighted by Gasteiger charge is 2.89. The van der Waals surface area contributed by atoms with Gasteiger partial charge in [0, 0.05) is 0 Å². The predicted octanol–water partition coefficient (Wildman–Crippen LogP) is 4.52. The normalized spacial score (nSPS) is 75.3. The third kappa shape index (κ3) is 0.577. The minimum atomic E-state index is 0.414. The lowest BCUT2D eigenvalue weighted by atomic mass is 9.38. The van der Waals surface area contributed by atoms with Gasteiger partial charge < -0.3 is 0 Å². The van der Waals surface area contributed by atoms with E-state index in [0.29, 0.717) is 21.7 Å².